The molecule has 0 saturated carbocycles. The number of hydrogen-bond donors (Lipinski definition) is 0. The molecular formula is C16H30O2. The van der Waals surface area contributed by atoms with Crippen molar-refractivity contribution >= 4 is 5.78 Å². The van der Waals surface area contributed by atoms with Gasteiger partial charge in [-0.15, -0.1) is 6.58 Å². The lowest BCUT2D eigenvalue weighted by atomic mass is 9.82. The van der Waals surface area contributed by atoms with E-state index in [1.165, 1.54) is 12.8 Å². The normalized spacial score (nSPS) is 16.0. The second-order valence-corrected chi connectivity index (χ2v) is 5.32. The van der Waals surface area contributed by atoms with Crippen LogP contribution in [0.25, 0.3) is 0 Å². The second-order valence-electron chi connectivity index (χ2n) is 5.32. The monoisotopic (exact) mass is 254 g/mol. The maximum atomic E-state index is 12.3. The van der Waals surface area contributed by atoms with Crippen LogP contribution in [-0.2, 0) is 9.53 Å². The molecule has 2 nitrogen and oxygen atoms in total. The average Bonchev–Trinajstić information content (AvgIpc) is 2.34. The summed E-state index contributed by atoms with van der Waals surface area (Å²) < 4.78 is 5.20. The van der Waals surface area contributed by atoms with E-state index in [9.17, 15) is 4.79 Å². The fraction of sp³-hybridized carbons (Fsp3) is 0.812. The minimum absolute atomic E-state index is 0.0297. The molecule has 0 aromatic carbocycles. The van der Waals surface area contributed by atoms with Gasteiger partial charge in [0.25, 0.3) is 0 Å². The molecule has 106 valence electrons. The van der Waals surface area contributed by atoms with E-state index in [4.69, 9.17) is 4.74 Å². The summed E-state index contributed by atoms with van der Waals surface area (Å²) in [4.78, 5) is 12.3. The van der Waals surface area contributed by atoms with Gasteiger partial charge in [0.1, 0.15) is 5.78 Å². The highest BCUT2D eigenvalue weighted by Gasteiger charge is 2.24. The third kappa shape index (κ3) is 6.95. The molecule has 0 N–H and O–H groups in total. The molecule has 0 aromatic rings. The van der Waals surface area contributed by atoms with Gasteiger partial charge in [0, 0.05) is 19.4 Å². The predicted molar refractivity (Wildman–Crippen MR) is 77.7 cm³/mol. The Balaban J connectivity index is 4.42. The topological polar surface area (TPSA) is 26.3 Å². The summed E-state index contributed by atoms with van der Waals surface area (Å²) in [7, 11) is 1.66. The summed E-state index contributed by atoms with van der Waals surface area (Å²) in [6.45, 7) is 10.1. The summed E-state index contributed by atoms with van der Waals surface area (Å²) in [5, 5.41) is 0. The van der Waals surface area contributed by atoms with Crippen LogP contribution >= 0.6 is 0 Å². The van der Waals surface area contributed by atoms with Crippen molar-refractivity contribution < 1.29 is 9.53 Å². The number of methoxy groups -OCH3 is 1. The lowest BCUT2D eigenvalue weighted by Gasteiger charge is -2.23. The summed E-state index contributed by atoms with van der Waals surface area (Å²) in [6.07, 6.45) is 7.98. The minimum atomic E-state index is 0.0297. The number of carbonyl (C=O) groups excluding carboxylic acids is 1. The Kier molecular flexibility index (Phi) is 9.95. The molecule has 2 heteroatoms. The van der Waals surface area contributed by atoms with Crippen LogP contribution < -0.4 is 0 Å². The Hall–Kier alpha value is -0.630. The molecule has 0 fully saturated rings. The summed E-state index contributed by atoms with van der Waals surface area (Å²) in [5.74, 6) is 0.929. The highest BCUT2D eigenvalue weighted by molar-refractivity contribution is 5.81. The van der Waals surface area contributed by atoms with E-state index in [0.29, 0.717) is 18.1 Å². The summed E-state index contributed by atoms with van der Waals surface area (Å²) in [5.41, 5.74) is 0. The average molecular weight is 254 g/mol. The maximum absolute atomic E-state index is 12.3. The van der Waals surface area contributed by atoms with Crippen molar-refractivity contribution in [3.05, 3.63) is 12.7 Å². The first-order valence-electron chi connectivity index (χ1n) is 7.23. The number of ether oxygens (including phenoxy) is 1. The smallest absolute Gasteiger partial charge is 0.138 e. The first-order valence-corrected chi connectivity index (χ1v) is 7.23. The molecule has 0 bridgehead atoms. The second kappa shape index (κ2) is 10.3. The quantitative estimate of drug-likeness (QED) is 0.404. The third-order valence-corrected chi connectivity index (χ3v) is 3.65. The van der Waals surface area contributed by atoms with Crippen molar-refractivity contribution in [2.75, 3.05) is 7.11 Å². The number of ketones is 1. The van der Waals surface area contributed by atoms with Gasteiger partial charge in [0.2, 0.25) is 0 Å². The van der Waals surface area contributed by atoms with E-state index in [1.807, 2.05) is 13.0 Å². The molecule has 18 heavy (non-hydrogen) atoms. The number of Topliss-reactive ketones (excluding diaryl/α,β-unsaturated/α-hetero) is 1. The van der Waals surface area contributed by atoms with E-state index in [1.54, 1.807) is 7.11 Å². The van der Waals surface area contributed by atoms with Crippen LogP contribution in [0.15, 0.2) is 12.7 Å². The van der Waals surface area contributed by atoms with Crippen molar-refractivity contribution in [2.45, 2.75) is 65.4 Å². The van der Waals surface area contributed by atoms with Crippen LogP contribution in [0.5, 0.6) is 0 Å². The zero-order chi connectivity index (χ0) is 14.0. The van der Waals surface area contributed by atoms with Crippen LogP contribution in [0.4, 0.5) is 0 Å². The van der Waals surface area contributed by atoms with E-state index < -0.39 is 0 Å². The Labute approximate surface area is 113 Å². The van der Waals surface area contributed by atoms with Gasteiger partial charge in [-0.2, -0.15) is 0 Å². The van der Waals surface area contributed by atoms with E-state index in [0.717, 1.165) is 19.3 Å². The van der Waals surface area contributed by atoms with Gasteiger partial charge in [-0.05, 0) is 25.7 Å². The van der Waals surface area contributed by atoms with Crippen molar-refractivity contribution in [1.29, 1.82) is 0 Å². The van der Waals surface area contributed by atoms with Gasteiger partial charge in [-0.25, -0.2) is 0 Å². The SMILES string of the molecule is C=CCC(C)C(CCCCC)C(=O)CC(C)OC. The van der Waals surface area contributed by atoms with Crippen molar-refractivity contribution in [1.82, 2.24) is 0 Å². The lowest BCUT2D eigenvalue weighted by Crippen LogP contribution is -2.25. The molecule has 0 rings (SSSR count). The molecule has 3 atom stereocenters. The van der Waals surface area contributed by atoms with E-state index >= 15 is 0 Å². The van der Waals surface area contributed by atoms with Gasteiger partial charge < -0.3 is 4.74 Å². The third-order valence-electron chi connectivity index (χ3n) is 3.65. The largest absolute Gasteiger partial charge is 0.381 e. The van der Waals surface area contributed by atoms with Gasteiger partial charge in [0.15, 0.2) is 0 Å². The fourth-order valence-corrected chi connectivity index (χ4v) is 2.32. The van der Waals surface area contributed by atoms with Crippen LogP contribution in [0, 0.1) is 11.8 Å². The standard InChI is InChI=1S/C16H30O2/c1-6-8-9-11-15(13(3)10-7-2)16(17)12-14(4)18-5/h7,13-15H,2,6,8-12H2,1,3-5H3. The number of hydrogen-bond acceptors (Lipinski definition) is 2. The highest BCUT2D eigenvalue weighted by Crippen LogP contribution is 2.25. The molecular weight excluding hydrogens is 224 g/mol. The number of allylic oxidation sites excluding steroid dienone is 1. The summed E-state index contributed by atoms with van der Waals surface area (Å²) >= 11 is 0. The molecule has 0 aromatic heterocycles. The number of rotatable bonds is 11. The van der Waals surface area contributed by atoms with Gasteiger partial charge in [0.05, 0.1) is 6.10 Å². The molecule has 0 heterocycles. The van der Waals surface area contributed by atoms with Gasteiger partial charge >= 0.3 is 0 Å². The number of carbonyl (C=O) groups is 1. The molecule has 0 aliphatic rings. The zero-order valence-electron chi connectivity index (χ0n) is 12.6. The van der Waals surface area contributed by atoms with Crippen LogP contribution in [0.2, 0.25) is 0 Å². The Morgan fingerprint density at radius 1 is 1.33 bits per heavy atom. The Morgan fingerprint density at radius 3 is 2.50 bits per heavy atom. The molecule has 0 aliphatic carbocycles. The highest BCUT2D eigenvalue weighted by atomic mass is 16.5. The molecule has 0 radical (unpaired) electrons. The van der Waals surface area contributed by atoms with Crippen molar-refractivity contribution in [3.8, 4) is 0 Å². The van der Waals surface area contributed by atoms with E-state index in [2.05, 4.69) is 20.4 Å². The van der Waals surface area contributed by atoms with Crippen molar-refractivity contribution in [3.63, 3.8) is 0 Å². The Bertz CT molecular complexity index is 235. The molecule has 0 aliphatic heterocycles. The van der Waals surface area contributed by atoms with Gasteiger partial charge in [-0.1, -0.05) is 39.2 Å². The van der Waals surface area contributed by atoms with Crippen molar-refractivity contribution in [2.24, 2.45) is 11.8 Å². The number of unbranched alkanes of at least 4 members (excludes halogenated alkanes) is 2. The minimum Gasteiger partial charge on any atom is -0.381 e. The molecule has 0 spiro atoms. The lowest BCUT2D eigenvalue weighted by molar-refractivity contribution is -0.126. The molecule has 0 saturated heterocycles. The van der Waals surface area contributed by atoms with Crippen LogP contribution in [0.3, 0.4) is 0 Å². The zero-order valence-corrected chi connectivity index (χ0v) is 12.6. The Morgan fingerprint density at radius 2 is 2.00 bits per heavy atom. The molecule has 3 unspecified atom stereocenters. The first-order chi connectivity index (χ1) is 8.56. The van der Waals surface area contributed by atoms with Gasteiger partial charge in [-0.3, -0.25) is 4.79 Å². The predicted octanol–water partition coefficient (Wildman–Crippen LogP) is 4.39. The van der Waals surface area contributed by atoms with E-state index in [-0.39, 0.29) is 12.0 Å². The first kappa shape index (κ1) is 17.4. The fourth-order valence-electron chi connectivity index (χ4n) is 2.32. The summed E-state index contributed by atoms with van der Waals surface area (Å²) in [6, 6.07) is 0. The van der Waals surface area contributed by atoms with Crippen LogP contribution in [0.1, 0.15) is 59.3 Å². The maximum Gasteiger partial charge on any atom is 0.138 e. The van der Waals surface area contributed by atoms with Crippen LogP contribution in [-0.4, -0.2) is 19.0 Å². The molecule has 0 amide bonds.